The first-order valence-corrected chi connectivity index (χ1v) is 10.7. The molecule has 0 saturated heterocycles. The first-order valence-electron chi connectivity index (χ1n) is 10.7. The van der Waals surface area contributed by atoms with E-state index < -0.39 is 0 Å². The molecule has 0 heterocycles. The van der Waals surface area contributed by atoms with Crippen LogP contribution < -0.4 is 0 Å². The molecule has 0 bridgehead atoms. The lowest BCUT2D eigenvalue weighted by molar-refractivity contribution is 0.660. The molecule has 30 heavy (non-hydrogen) atoms. The highest BCUT2D eigenvalue weighted by atomic mass is 14.4. The molecular weight excluding hydrogens is 360 g/mol. The van der Waals surface area contributed by atoms with Gasteiger partial charge in [0.2, 0.25) is 0 Å². The highest BCUT2D eigenvalue weighted by molar-refractivity contribution is 6.13. The fourth-order valence-electron chi connectivity index (χ4n) is 5.31. The molecule has 1 aliphatic rings. The molecular formula is C30H24. The van der Waals surface area contributed by atoms with Gasteiger partial charge >= 0.3 is 0 Å². The molecule has 0 fully saturated rings. The Morgan fingerprint density at radius 3 is 1.97 bits per heavy atom. The van der Waals surface area contributed by atoms with Crippen molar-refractivity contribution in [1.82, 2.24) is 0 Å². The largest absolute Gasteiger partial charge is 0.0616 e. The average Bonchev–Trinajstić information content (AvgIpc) is 2.99. The van der Waals surface area contributed by atoms with Crippen LogP contribution in [-0.2, 0) is 5.41 Å². The average molecular weight is 385 g/mol. The molecule has 0 aliphatic heterocycles. The predicted molar refractivity (Wildman–Crippen MR) is 129 cm³/mol. The third-order valence-electron chi connectivity index (χ3n) is 6.91. The zero-order valence-electron chi connectivity index (χ0n) is 17.7. The molecule has 144 valence electrons. The van der Waals surface area contributed by atoms with Gasteiger partial charge in [-0.3, -0.25) is 0 Å². The summed E-state index contributed by atoms with van der Waals surface area (Å²) in [5, 5.41) is 5.26. The lowest BCUT2D eigenvalue weighted by atomic mass is 9.81. The van der Waals surface area contributed by atoms with Gasteiger partial charge in [0.15, 0.2) is 0 Å². The third-order valence-corrected chi connectivity index (χ3v) is 6.91. The Bertz CT molecular complexity index is 1470. The van der Waals surface area contributed by atoms with Crippen molar-refractivity contribution in [3.63, 3.8) is 0 Å². The zero-order chi connectivity index (χ0) is 20.5. The molecule has 0 nitrogen and oxygen atoms in total. The standard InChI is InChI=1S/C30H24/c1-19-12-14-25-26-15-13-21(18-29(26)30(2,3)28(25)16-19)27-17-20-8-4-5-9-22(20)23-10-6-7-11-24(23)27/h4-18H,1-3H3. The summed E-state index contributed by atoms with van der Waals surface area (Å²) in [6.45, 7) is 6.91. The number of rotatable bonds is 1. The van der Waals surface area contributed by atoms with Crippen LogP contribution in [0.5, 0.6) is 0 Å². The van der Waals surface area contributed by atoms with E-state index in [0.717, 1.165) is 0 Å². The molecule has 0 spiro atoms. The molecule has 0 heteroatoms. The summed E-state index contributed by atoms with van der Waals surface area (Å²) in [5.74, 6) is 0. The van der Waals surface area contributed by atoms with Crippen LogP contribution in [0.4, 0.5) is 0 Å². The lowest BCUT2D eigenvalue weighted by Crippen LogP contribution is -2.15. The molecule has 0 saturated carbocycles. The molecule has 0 unspecified atom stereocenters. The van der Waals surface area contributed by atoms with Crippen molar-refractivity contribution in [3.05, 3.63) is 108 Å². The van der Waals surface area contributed by atoms with Crippen LogP contribution in [0.1, 0.15) is 30.5 Å². The molecule has 5 aromatic carbocycles. The number of fused-ring (bicyclic) bond motifs is 6. The van der Waals surface area contributed by atoms with Gasteiger partial charge in [0.05, 0.1) is 0 Å². The zero-order valence-corrected chi connectivity index (χ0v) is 17.7. The van der Waals surface area contributed by atoms with E-state index in [1.54, 1.807) is 0 Å². The molecule has 0 aromatic heterocycles. The second-order valence-electron chi connectivity index (χ2n) is 9.13. The second-order valence-corrected chi connectivity index (χ2v) is 9.13. The maximum atomic E-state index is 2.43. The SMILES string of the molecule is Cc1ccc2c(c1)C(C)(C)c1cc(-c3cc4ccccc4c4ccccc34)ccc1-2. The molecule has 0 amide bonds. The van der Waals surface area contributed by atoms with E-state index in [1.807, 2.05) is 0 Å². The normalized spacial score (nSPS) is 14.1. The Labute approximate surface area is 177 Å². The van der Waals surface area contributed by atoms with Crippen molar-refractivity contribution in [2.24, 2.45) is 0 Å². The van der Waals surface area contributed by atoms with Gasteiger partial charge in [0.1, 0.15) is 0 Å². The summed E-state index contributed by atoms with van der Waals surface area (Å²) in [5.41, 5.74) is 9.59. The van der Waals surface area contributed by atoms with E-state index in [4.69, 9.17) is 0 Å². The van der Waals surface area contributed by atoms with Crippen LogP contribution in [0.25, 0.3) is 43.8 Å². The van der Waals surface area contributed by atoms with Gasteiger partial charge in [-0.2, -0.15) is 0 Å². The molecule has 0 N–H and O–H groups in total. The van der Waals surface area contributed by atoms with E-state index in [9.17, 15) is 0 Å². The first kappa shape index (κ1) is 17.5. The van der Waals surface area contributed by atoms with Crippen LogP contribution in [-0.4, -0.2) is 0 Å². The number of hydrogen-bond donors (Lipinski definition) is 0. The van der Waals surface area contributed by atoms with Crippen molar-refractivity contribution in [3.8, 4) is 22.3 Å². The Morgan fingerprint density at radius 2 is 1.17 bits per heavy atom. The Balaban J connectivity index is 1.63. The Kier molecular flexibility index (Phi) is 3.53. The summed E-state index contributed by atoms with van der Waals surface area (Å²) in [6.07, 6.45) is 0. The van der Waals surface area contributed by atoms with Crippen LogP contribution in [0, 0.1) is 6.92 Å². The molecule has 1 aliphatic carbocycles. The van der Waals surface area contributed by atoms with Gasteiger partial charge in [-0.25, -0.2) is 0 Å². The van der Waals surface area contributed by atoms with Crippen LogP contribution in [0.2, 0.25) is 0 Å². The highest BCUT2D eigenvalue weighted by Crippen LogP contribution is 2.50. The second kappa shape index (κ2) is 6.06. The first-order chi connectivity index (χ1) is 14.5. The topological polar surface area (TPSA) is 0 Å². The van der Waals surface area contributed by atoms with Crippen molar-refractivity contribution in [2.75, 3.05) is 0 Å². The Hall–Kier alpha value is -3.38. The molecule has 5 aromatic rings. The van der Waals surface area contributed by atoms with E-state index in [2.05, 4.69) is 112 Å². The van der Waals surface area contributed by atoms with E-state index in [1.165, 1.54) is 60.5 Å². The quantitative estimate of drug-likeness (QED) is 0.255. The minimum atomic E-state index is 0.0132. The summed E-state index contributed by atoms with van der Waals surface area (Å²) >= 11 is 0. The highest BCUT2D eigenvalue weighted by Gasteiger charge is 2.35. The van der Waals surface area contributed by atoms with Crippen molar-refractivity contribution < 1.29 is 0 Å². The summed E-state index contributed by atoms with van der Waals surface area (Å²) in [7, 11) is 0. The maximum absolute atomic E-state index is 2.43. The van der Waals surface area contributed by atoms with Gasteiger partial charge in [0, 0.05) is 5.41 Å². The lowest BCUT2D eigenvalue weighted by Gasteiger charge is -2.22. The van der Waals surface area contributed by atoms with E-state index in [0.29, 0.717) is 0 Å². The predicted octanol–water partition coefficient (Wildman–Crippen LogP) is 8.27. The van der Waals surface area contributed by atoms with E-state index in [-0.39, 0.29) is 5.41 Å². The molecule has 6 rings (SSSR count). The molecule has 0 atom stereocenters. The summed E-state index contributed by atoms with van der Waals surface area (Å²) in [4.78, 5) is 0. The third kappa shape index (κ3) is 2.34. The maximum Gasteiger partial charge on any atom is 0.0159 e. The van der Waals surface area contributed by atoms with Crippen molar-refractivity contribution >= 4 is 21.5 Å². The fraction of sp³-hybridized carbons (Fsp3) is 0.133. The van der Waals surface area contributed by atoms with Crippen LogP contribution in [0.15, 0.2) is 91.0 Å². The number of aryl methyl sites for hydroxylation is 1. The summed E-state index contributed by atoms with van der Waals surface area (Å²) < 4.78 is 0. The molecule has 0 radical (unpaired) electrons. The van der Waals surface area contributed by atoms with Gasteiger partial charge in [-0.1, -0.05) is 98.3 Å². The summed E-state index contributed by atoms with van der Waals surface area (Å²) in [6, 6.07) is 33.8. The van der Waals surface area contributed by atoms with Gasteiger partial charge < -0.3 is 0 Å². The minimum Gasteiger partial charge on any atom is -0.0616 e. The van der Waals surface area contributed by atoms with Crippen molar-refractivity contribution in [1.29, 1.82) is 0 Å². The monoisotopic (exact) mass is 384 g/mol. The van der Waals surface area contributed by atoms with Gasteiger partial charge in [-0.15, -0.1) is 0 Å². The Morgan fingerprint density at radius 1 is 0.533 bits per heavy atom. The van der Waals surface area contributed by atoms with Gasteiger partial charge in [0.25, 0.3) is 0 Å². The number of hydrogen-bond acceptors (Lipinski definition) is 0. The van der Waals surface area contributed by atoms with E-state index >= 15 is 0 Å². The fourth-order valence-corrected chi connectivity index (χ4v) is 5.31. The number of benzene rings is 5. The van der Waals surface area contributed by atoms with Crippen LogP contribution in [0.3, 0.4) is 0 Å². The minimum absolute atomic E-state index is 0.0132. The smallest absolute Gasteiger partial charge is 0.0159 e. The van der Waals surface area contributed by atoms with Crippen molar-refractivity contribution in [2.45, 2.75) is 26.2 Å². The van der Waals surface area contributed by atoms with Gasteiger partial charge in [-0.05, 0) is 74.0 Å². The van der Waals surface area contributed by atoms with Crippen LogP contribution >= 0.6 is 0 Å².